The van der Waals surface area contributed by atoms with Gasteiger partial charge in [0.15, 0.2) is 0 Å². The van der Waals surface area contributed by atoms with E-state index in [1.807, 2.05) is 13.8 Å². The van der Waals surface area contributed by atoms with Crippen molar-refractivity contribution in [1.29, 1.82) is 0 Å². The van der Waals surface area contributed by atoms with Crippen LogP contribution in [0, 0.1) is 6.92 Å². The first kappa shape index (κ1) is 14.8. The van der Waals surface area contributed by atoms with Crippen LogP contribution in [-0.2, 0) is 10.3 Å². The fourth-order valence-corrected chi connectivity index (χ4v) is 2.16. The molecule has 1 atom stereocenters. The van der Waals surface area contributed by atoms with Crippen LogP contribution in [0.15, 0.2) is 12.1 Å². The zero-order valence-corrected chi connectivity index (χ0v) is 11.5. The number of carbonyl (C=O) groups is 1. The van der Waals surface area contributed by atoms with Gasteiger partial charge in [-0.1, -0.05) is 11.6 Å². The molecule has 0 saturated carbocycles. The number of benzene rings is 1. The van der Waals surface area contributed by atoms with E-state index >= 15 is 0 Å². The highest BCUT2D eigenvalue weighted by Gasteiger charge is 2.27. The fourth-order valence-electron chi connectivity index (χ4n) is 1.95. The maximum atomic E-state index is 10.8. The van der Waals surface area contributed by atoms with Crippen molar-refractivity contribution in [2.45, 2.75) is 32.7 Å². The first-order chi connectivity index (χ1) is 8.27. The average molecular weight is 272 g/mol. The molecule has 0 fully saturated rings. The van der Waals surface area contributed by atoms with E-state index in [0.29, 0.717) is 17.4 Å². The Hall–Kier alpha value is -1.26. The molecule has 100 valence electrons. The number of aryl methyl sites for hydroxylation is 1. The summed E-state index contributed by atoms with van der Waals surface area (Å²) < 4.78 is 5.38. The van der Waals surface area contributed by atoms with Crippen LogP contribution in [0.25, 0.3) is 0 Å². The van der Waals surface area contributed by atoms with Crippen molar-refractivity contribution in [2.24, 2.45) is 5.73 Å². The normalized spacial score (nSPS) is 14.1. The van der Waals surface area contributed by atoms with Crippen LogP contribution in [0.1, 0.15) is 31.4 Å². The number of aliphatic carboxylic acids is 1. The molecule has 3 N–H and O–H groups in total. The van der Waals surface area contributed by atoms with E-state index in [1.54, 1.807) is 19.1 Å². The number of halogens is 1. The Morgan fingerprint density at radius 3 is 2.67 bits per heavy atom. The lowest BCUT2D eigenvalue weighted by Gasteiger charge is -2.26. The van der Waals surface area contributed by atoms with E-state index in [0.717, 1.165) is 11.1 Å². The molecule has 0 radical (unpaired) electrons. The molecule has 0 saturated heterocycles. The summed E-state index contributed by atoms with van der Waals surface area (Å²) in [5.41, 5.74) is 6.69. The number of rotatable bonds is 5. The summed E-state index contributed by atoms with van der Waals surface area (Å²) in [6, 6.07) is 3.47. The maximum absolute atomic E-state index is 10.8. The van der Waals surface area contributed by atoms with Crippen LogP contribution < -0.4 is 10.5 Å². The first-order valence-corrected chi connectivity index (χ1v) is 6.10. The second-order valence-electron chi connectivity index (χ2n) is 4.52. The van der Waals surface area contributed by atoms with Crippen LogP contribution in [-0.4, -0.2) is 17.7 Å². The van der Waals surface area contributed by atoms with Gasteiger partial charge in [-0.05, 0) is 44.0 Å². The number of ether oxygens (including phenoxy) is 1. The van der Waals surface area contributed by atoms with Gasteiger partial charge in [0.1, 0.15) is 5.75 Å². The zero-order valence-electron chi connectivity index (χ0n) is 10.8. The molecule has 0 aromatic heterocycles. The second-order valence-corrected chi connectivity index (χ2v) is 4.93. The largest absolute Gasteiger partial charge is 0.492 e. The minimum absolute atomic E-state index is 0.155. The summed E-state index contributed by atoms with van der Waals surface area (Å²) in [5, 5.41) is 9.32. The number of hydrogen-bond acceptors (Lipinski definition) is 3. The van der Waals surface area contributed by atoms with E-state index < -0.39 is 11.5 Å². The van der Waals surface area contributed by atoms with Crippen LogP contribution in [0.3, 0.4) is 0 Å². The molecule has 1 unspecified atom stereocenters. The Balaban J connectivity index is 3.18. The fraction of sp³-hybridized carbons (Fsp3) is 0.462. The Morgan fingerprint density at radius 2 is 2.17 bits per heavy atom. The third-order valence-corrected chi connectivity index (χ3v) is 3.01. The van der Waals surface area contributed by atoms with E-state index in [-0.39, 0.29) is 6.42 Å². The molecular formula is C13H18ClNO3. The topological polar surface area (TPSA) is 72.5 Å². The summed E-state index contributed by atoms with van der Waals surface area (Å²) >= 11 is 6.09. The van der Waals surface area contributed by atoms with Crippen LogP contribution in [0.5, 0.6) is 5.75 Å². The minimum Gasteiger partial charge on any atom is -0.492 e. The molecule has 1 aromatic carbocycles. The third kappa shape index (κ3) is 3.37. The smallest absolute Gasteiger partial charge is 0.305 e. The molecular weight excluding hydrogens is 254 g/mol. The van der Waals surface area contributed by atoms with Crippen molar-refractivity contribution in [3.63, 3.8) is 0 Å². The van der Waals surface area contributed by atoms with Crippen LogP contribution in [0.2, 0.25) is 5.02 Å². The molecule has 5 heteroatoms. The molecule has 0 aliphatic rings. The van der Waals surface area contributed by atoms with E-state index in [4.69, 9.17) is 27.2 Å². The highest BCUT2D eigenvalue weighted by atomic mass is 35.5. The average Bonchev–Trinajstić information content (AvgIpc) is 2.21. The Morgan fingerprint density at radius 1 is 1.56 bits per heavy atom. The minimum atomic E-state index is -0.954. The SMILES string of the molecule is CCOc1cc(C)c(C(C)(N)CC(=O)O)cc1Cl. The Bertz CT molecular complexity index is 458. The van der Waals surface area contributed by atoms with Gasteiger partial charge in [0.05, 0.1) is 18.1 Å². The predicted octanol–water partition coefficient (Wildman–Crippen LogP) is 2.70. The highest BCUT2D eigenvalue weighted by Crippen LogP contribution is 2.33. The second kappa shape index (κ2) is 5.59. The summed E-state index contributed by atoms with van der Waals surface area (Å²) in [4.78, 5) is 10.8. The van der Waals surface area contributed by atoms with Gasteiger partial charge in [-0.15, -0.1) is 0 Å². The molecule has 1 aromatic rings. The standard InChI is InChI=1S/C13H18ClNO3/c1-4-18-11-5-8(2)9(6-10(11)14)13(3,15)7-12(16)17/h5-6H,4,7,15H2,1-3H3,(H,16,17). The maximum Gasteiger partial charge on any atom is 0.305 e. The van der Waals surface area contributed by atoms with Crippen molar-refractivity contribution in [2.75, 3.05) is 6.61 Å². The summed E-state index contributed by atoms with van der Waals surface area (Å²) in [6.07, 6.45) is -0.155. The zero-order chi connectivity index (χ0) is 13.9. The van der Waals surface area contributed by atoms with E-state index in [9.17, 15) is 4.79 Å². The van der Waals surface area contributed by atoms with Gasteiger partial charge in [-0.25, -0.2) is 0 Å². The number of nitrogens with two attached hydrogens (primary N) is 1. The van der Waals surface area contributed by atoms with E-state index in [2.05, 4.69) is 0 Å². The summed E-state index contributed by atoms with van der Waals surface area (Å²) in [5.74, 6) is -0.351. The van der Waals surface area contributed by atoms with Crippen LogP contribution in [0.4, 0.5) is 0 Å². The molecule has 4 nitrogen and oxygen atoms in total. The monoisotopic (exact) mass is 271 g/mol. The summed E-state index contributed by atoms with van der Waals surface area (Å²) in [7, 11) is 0. The van der Waals surface area contributed by atoms with Gasteiger partial charge < -0.3 is 15.6 Å². The summed E-state index contributed by atoms with van der Waals surface area (Å²) in [6.45, 7) is 5.94. The van der Waals surface area contributed by atoms with Gasteiger partial charge in [0.25, 0.3) is 0 Å². The van der Waals surface area contributed by atoms with Gasteiger partial charge in [0, 0.05) is 5.54 Å². The van der Waals surface area contributed by atoms with Crippen molar-refractivity contribution in [1.82, 2.24) is 0 Å². The Labute approximate surface area is 112 Å². The first-order valence-electron chi connectivity index (χ1n) is 5.72. The molecule has 1 rings (SSSR count). The molecule has 18 heavy (non-hydrogen) atoms. The van der Waals surface area contributed by atoms with Crippen molar-refractivity contribution < 1.29 is 14.6 Å². The molecule has 0 aliphatic carbocycles. The van der Waals surface area contributed by atoms with E-state index in [1.165, 1.54) is 0 Å². The number of carboxylic acid groups (broad SMARTS) is 1. The predicted molar refractivity (Wildman–Crippen MR) is 71.2 cm³/mol. The third-order valence-electron chi connectivity index (χ3n) is 2.71. The molecule has 0 heterocycles. The van der Waals surface area contributed by atoms with Crippen molar-refractivity contribution >= 4 is 17.6 Å². The quantitative estimate of drug-likeness (QED) is 0.864. The van der Waals surface area contributed by atoms with Gasteiger partial charge >= 0.3 is 5.97 Å². The molecule has 0 aliphatic heterocycles. The lowest BCUT2D eigenvalue weighted by Crippen LogP contribution is -2.36. The highest BCUT2D eigenvalue weighted by molar-refractivity contribution is 6.32. The Kier molecular flexibility index (Phi) is 4.59. The number of carboxylic acids is 1. The lowest BCUT2D eigenvalue weighted by molar-refractivity contribution is -0.138. The van der Waals surface area contributed by atoms with Crippen LogP contribution >= 0.6 is 11.6 Å². The molecule has 0 amide bonds. The van der Waals surface area contributed by atoms with Gasteiger partial charge in [0.2, 0.25) is 0 Å². The van der Waals surface area contributed by atoms with Crippen molar-refractivity contribution in [3.8, 4) is 5.75 Å². The van der Waals surface area contributed by atoms with Gasteiger partial charge in [-0.2, -0.15) is 0 Å². The number of hydrogen-bond donors (Lipinski definition) is 2. The molecule has 0 spiro atoms. The molecule has 0 bridgehead atoms. The lowest BCUT2D eigenvalue weighted by atomic mass is 9.86. The van der Waals surface area contributed by atoms with Crippen molar-refractivity contribution in [3.05, 3.63) is 28.3 Å². The van der Waals surface area contributed by atoms with Gasteiger partial charge in [-0.3, -0.25) is 4.79 Å².